The van der Waals surface area contributed by atoms with Gasteiger partial charge in [-0.05, 0) is 31.5 Å². The number of rotatable bonds is 9. The Bertz CT molecular complexity index is 613. The second-order valence-electron chi connectivity index (χ2n) is 5.88. The second kappa shape index (κ2) is 10.0. The highest BCUT2D eigenvalue weighted by atomic mass is 32.2. The van der Waals surface area contributed by atoms with Gasteiger partial charge >= 0.3 is 0 Å². The van der Waals surface area contributed by atoms with Crippen molar-refractivity contribution in [1.82, 2.24) is 5.32 Å². The second-order valence-corrected chi connectivity index (χ2v) is 6.99. The van der Waals surface area contributed by atoms with Crippen molar-refractivity contribution in [2.45, 2.75) is 32.1 Å². The molecular weight excluding hydrogens is 318 g/mol. The lowest BCUT2D eigenvalue weighted by atomic mass is 10.2. The van der Waals surface area contributed by atoms with Gasteiger partial charge in [-0.1, -0.05) is 48.0 Å². The van der Waals surface area contributed by atoms with Crippen LogP contribution in [0.15, 0.2) is 54.6 Å². The molecular formula is C20H25NO2S. The number of ether oxygens (including phenoxy) is 1. The Morgan fingerprint density at radius 1 is 1.12 bits per heavy atom. The van der Waals surface area contributed by atoms with Crippen LogP contribution in [0, 0.1) is 6.92 Å². The smallest absolute Gasteiger partial charge is 0.221 e. The van der Waals surface area contributed by atoms with Crippen LogP contribution in [-0.2, 0) is 10.5 Å². The van der Waals surface area contributed by atoms with Crippen molar-refractivity contribution in [3.63, 3.8) is 0 Å². The van der Waals surface area contributed by atoms with Gasteiger partial charge in [0.2, 0.25) is 5.91 Å². The van der Waals surface area contributed by atoms with E-state index in [0.717, 1.165) is 17.3 Å². The van der Waals surface area contributed by atoms with Crippen LogP contribution in [0.25, 0.3) is 0 Å². The average molecular weight is 343 g/mol. The number of carbonyl (C=O) groups is 1. The van der Waals surface area contributed by atoms with E-state index in [1.165, 1.54) is 11.1 Å². The molecule has 0 bridgehead atoms. The Hall–Kier alpha value is -1.94. The van der Waals surface area contributed by atoms with Gasteiger partial charge in [-0.25, -0.2) is 0 Å². The first-order valence-corrected chi connectivity index (χ1v) is 9.39. The zero-order chi connectivity index (χ0) is 17.2. The molecule has 0 saturated carbocycles. The summed E-state index contributed by atoms with van der Waals surface area (Å²) in [5, 5.41) is 2.98. The number of carbonyl (C=O) groups excluding carboxylic acids is 1. The van der Waals surface area contributed by atoms with E-state index in [9.17, 15) is 4.79 Å². The number of hydrogen-bond donors (Lipinski definition) is 1. The molecule has 4 heteroatoms. The third kappa shape index (κ3) is 7.09. The largest absolute Gasteiger partial charge is 0.491 e. The fourth-order valence-corrected chi connectivity index (χ4v) is 3.08. The minimum atomic E-state index is -0.00192. The topological polar surface area (TPSA) is 38.3 Å². The highest BCUT2D eigenvalue weighted by Crippen LogP contribution is 2.13. The number of aryl methyl sites for hydroxylation is 1. The van der Waals surface area contributed by atoms with E-state index >= 15 is 0 Å². The Morgan fingerprint density at radius 2 is 1.83 bits per heavy atom. The molecule has 24 heavy (non-hydrogen) atoms. The van der Waals surface area contributed by atoms with E-state index in [0.29, 0.717) is 13.0 Å². The van der Waals surface area contributed by atoms with Gasteiger partial charge in [0.1, 0.15) is 12.4 Å². The lowest BCUT2D eigenvalue weighted by Crippen LogP contribution is -2.36. The van der Waals surface area contributed by atoms with Crippen molar-refractivity contribution in [2.75, 3.05) is 12.4 Å². The number of hydrogen-bond acceptors (Lipinski definition) is 3. The standard InChI is InChI=1S/C20H25NO2S/c1-16-8-10-19(11-9-16)23-14-17(2)21-20(22)12-13-24-15-18-6-4-3-5-7-18/h3-11,17H,12-15H2,1-2H3,(H,21,22)/t17-/m1/s1. The van der Waals surface area contributed by atoms with E-state index in [4.69, 9.17) is 4.74 Å². The first-order chi connectivity index (χ1) is 11.6. The van der Waals surface area contributed by atoms with Crippen molar-refractivity contribution in [3.05, 3.63) is 65.7 Å². The molecule has 3 nitrogen and oxygen atoms in total. The SMILES string of the molecule is Cc1ccc(OC[C@@H](C)NC(=O)CCSCc2ccccc2)cc1. The summed E-state index contributed by atoms with van der Waals surface area (Å²) < 4.78 is 5.69. The molecule has 1 atom stereocenters. The van der Waals surface area contributed by atoms with Crippen LogP contribution in [0.4, 0.5) is 0 Å². The van der Waals surface area contributed by atoms with Crippen LogP contribution in [0.2, 0.25) is 0 Å². The zero-order valence-electron chi connectivity index (χ0n) is 14.3. The Balaban J connectivity index is 1.58. The third-order valence-corrected chi connectivity index (χ3v) is 4.54. The maximum Gasteiger partial charge on any atom is 0.221 e. The van der Waals surface area contributed by atoms with E-state index in [2.05, 4.69) is 17.4 Å². The average Bonchev–Trinajstić information content (AvgIpc) is 2.59. The minimum absolute atomic E-state index is 0.00192. The molecule has 0 aliphatic rings. The normalized spacial score (nSPS) is 11.8. The van der Waals surface area contributed by atoms with Crippen molar-refractivity contribution in [1.29, 1.82) is 0 Å². The van der Waals surface area contributed by atoms with Gasteiger partial charge in [0.15, 0.2) is 0 Å². The molecule has 0 spiro atoms. The van der Waals surface area contributed by atoms with Gasteiger partial charge in [0.05, 0.1) is 6.04 Å². The summed E-state index contributed by atoms with van der Waals surface area (Å²) in [6, 6.07) is 18.2. The molecule has 0 fully saturated rings. The third-order valence-electron chi connectivity index (χ3n) is 3.51. The number of nitrogens with one attached hydrogen (secondary N) is 1. The zero-order valence-corrected chi connectivity index (χ0v) is 15.1. The molecule has 0 unspecified atom stereocenters. The number of thioether (sulfide) groups is 1. The van der Waals surface area contributed by atoms with E-state index in [1.54, 1.807) is 11.8 Å². The van der Waals surface area contributed by atoms with Crippen molar-refractivity contribution < 1.29 is 9.53 Å². The summed E-state index contributed by atoms with van der Waals surface area (Å²) >= 11 is 1.78. The summed E-state index contributed by atoms with van der Waals surface area (Å²) in [6.45, 7) is 4.48. The van der Waals surface area contributed by atoms with Crippen molar-refractivity contribution >= 4 is 17.7 Å². The van der Waals surface area contributed by atoms with Crippen LogP contribution < -0.4 is 10.1 Å². The Labute approximate surface area is 148 Å². The molecule has 128 valence electrons. The highest BCUT2D eigenvalue weighted by Gasteiger charge is 2.08. The summed E-state index contributed by atoms with van der Waals surface area (Å²) in [5.74, 6) is 2.68. The molecule has 1 N–H and O–H groups in total. The van der Waals surface area contributed by atoms with Gasteiger partial charge in [0, 0.05) is 17.9 Å². The molecule has 0 aliphatic heterocycles. The summed E-state index contributed by atoms with van der Waals surface area (Å²) in [7, 11) is 0. The molecule has 2 aromatic carbocycles. The molecule has 0 heterocycles. The lowest BCUT2D eigenvalue weighted by Gasteiger charge is -2.15. The highest BCUT2D eigenvalue weighted by molar-refractivity contribution is 7.98. The maximum absolute atomic E-state index is 11.9. The molecule has 0 saturated heterocycles. The monoisotopic (exact) mass is 343 g/mol. The molecule has 2 rings (SSSR count). The number of benzene rings is 2. The first-order valence-electron chi connectivity index (χ1n) is 8.24. The Kier molecular flexibility index (Phi) is 7.69. The van der Waals surface area contributed by atoms with Crippen LogP contribution >= 0.6 is 11.8 Å². The van der Waals surface area contributed by atoms with Gasteiger partial charge in [0.25, 0.3) is 0 Å². The van der Waals surface area contributed by atoms with Crippen molar-refractivity contribution in [2.24, 2.45) is 0 Å². The maximum atomic E-state index is 11.9. The quantitative estimate of drug-likeness (QED) is 0.694. The Morgan fingerprint density at radius 3 is 2.54 bits per heavy atom. The molecule has 0 aromatic heterocycles. The van der Waals surface area contributed by atoms with E-state index in [1.807, 2.05) is 56.3 Å². The van der Waals surface area contributed by atoms with Gasteiger partial charge < -0.3 is 10.1 Å². The molecule has 0 aliphatic carbocycles. The minimum Gasteiger partial charge on any atom is -0.491 e. The molecule has 0 radical (unpaired) electrons. The van der Waals surface area contributed by atoms with Crippen molar-refractivity contribution in [3.8, 4) is 5.75 Å². The fourth-order valence-electron chi connectivity index (χ4n) is 2.17. The summed E-state index contributed by atoms with van der Waals surface area (Å²) in [6.07, 6.45) is 0.534. The van der Waals surface area contributed by atoms with Crippen LogP contribution in [0.5, 0.6) is 5.75 Å². The van der Waals surface area contributed by atoms with Crippen LogP contribution in [0.3, 0.4) is 0 Å². The lowest BCUT2D eigenvalue weighted by molar-refractivity contribution is -0.121. The van der Waals surface area contributed by atoms with E-state index in [-0.39, 0.29) is 11.9 Å². The fraction of sp³-hybridized carbons (Fsp3) is 0.350. The van der Waals surface area contributed by atoms with Crippen LogP contribution in [0.1, 0.15) is 24.5 Å². The molecule has 2 aromatic rings. The van der Waals surface area contributed by atoms with Gasteiger partial charge in [-0.15, -0.1) is 0 Å². The summed E-state index contributed by atoms with van der Waals surface area (Å²) in [5.41, 5.74) is 2.50. The predicted octanol–water partition coefficient (Wildman–Crippen LogP) is 4.20. The summed E-state index contributed by atoms with van der Waals surface area (Å²) in [4.78, 5) is 11.9. The van der Waals surface area contributed by atoms with Gasteiger partial charge in [-0.3, -0.25) is 4.79 Å². The van der Waals surface area contributed by atoms with Gasteiger partial charge in [-0.2, -0.15) is 11.8 Å². The molecule has 1 amide bonds. The first kappa shape index (κ1) is 18.4. The van der Waals surface area contributed by atoms with Crippen LogP contribution in [-0.4, -0.2) is 24.3 Å². The predicted molar refractivity (Wildman–Crippen MR) is 101 cm³/mol. The number of amides is 1. The van der Waals surface area contributed by atoms with E-state index < -0.39 is 0 Å².